The van der Waals surface area contributed by atoms with Gasteiger partial charge in [-0.2, -0.15) is 11.8 Å². The SMILES string of the molecule is CSCC[C@H](NC(=O)c1ccc(OC[C@@H]2C[C@H](SC(=O)c3ccccc3)CN2C)cc1-c1ccc(F)cc1)C(=O)OC1CCN(C)CC1. The molecule has 8 nitrogen and oxygen atoms in total. The van der Waals surface area contributed by atoms with Gasteiger partial charge >= 0.3 is 5.97 Å². The van der Waals surface area contributed by atoms with E-state index in [1.807, 2.05) is 50.7 Å². The van der Waals surface area contributed by atoms with E-state index in [0.717, 1.165) is 38.9 Å². The zero-order valence-electron chi connectivity index (χ0n) is 27.7. The molecule has 11 heteroatoms. The van der Waals surface area contributed by atoms with E-state index in [1.165, 1.54) is 23.9 Å². The third-order valence-corrected chi connectivity index (χ3v) is 10.7. The van der Waals surface area contributed by atoms with Crippen LogP contribution in [0.2, 0.25) is 0 Å². The number of amides is 1. The van der Waals surface area contributed by atoms with Crippen molar-refractivity contribution >= 4 is 40.5 Å². The van der Waals surface area contributed by atoms with Crippen LogP contribution in [0.5, 0.6) is 5.75 Å². The average molecular weight is 694 g/mol. The normalized spacial score (nSPS) is 19.5. The lowest BCUT2D eigenvalue weighted by Crippen LogP contribution is -2.45. The standard InChI is InChI=1S/C37H44FN3O5S2/c1-40-18-15-29(16-19-40)46-36(43)34(17-20-47-3)39-35(42)32-14-13-30(22-33(32)25-9-11-27(38)12-10-25)45-24-28-21-31(23-41(28)2)48-37(44)26-7-5-4-6-8-26/h4-14,22,28-29,31,34H,15-21,23-24H2,1-3H3,(H,39,42)/t28-,31-,34-/m0/s1. The molecule has 0 spiro atoms. The fourth-order valence-corrected chi connectivity index (χ4v) is 7.72. The average Bonchev–Trinajstić information content (AvgIpc) is 3.45. The van der Waals surface area contributed by atoms with Crippen LogP contribution in [-0.2, 0) is 9.53 Å². The van der Waals surface area contributed by atoms with Crippen molar-refractivity contribution in [1.29, 1.82) is 0 Å². The lowest BCUT2D eigenvalue weighted by atomic mass is 9.98. The second-order valence-electron chi connectivity index (χ2n) is 12.5. The number of carbonyl (C=O) groups excluding carboxylic acids is 3. The van der Waals surface area contributed by atoms with E-state index in [0.29, 0.717) is 46.8 Å². The van der Waals surface area contributed by atoms with Gasteiger partial charge in [-0.05, 0) is 93.2 Å². The Hall–Kier alpha value is -3.38. The van der Waals surface area contributed by atoms with E-state index >= 15 is 0 Å². The van der Waals surface area contributed by atoms with Crippen molar-refractivity contribution in [1.82, 2.24) is 15.1 Å². The Balaban J connectivity index is 1.27. The van der Waals surface area contributed by atoms with Gasteiger partial charge in [0.15, 0.2) is 0 Å². The third kappa shape index (κ3) is 9.84. The number of thioether (sulfide) groups is 2. The molecule has 2 heterocycles. The highest BCUT2D eigenvalue weighted by molar-refractivity contribution is 8.14. The van der Waals surface area contributed by atoms with Gasteiger partial charge < -0.3 is 19.7 Å². The van der Waals surface area contributed by atoms with Gasteiger partial charge in [-0.15, -0.1) is 0 Å². The van der Waals surface area contributed by atoms with Crippen LogP contribution in [0.25, 0.3) is 11.1 Å². The van der Waals surface area contributed by atoms with E-state index in [4.69, 9.17) is 9.47 Å². The molecule has 3 aromatic rings. The summed E-state index contributed by atoms with van der Waals surface area (Å²) in [7, 11) is 4.08. The Kier molecular flexibility index (Phi) is 13.0. The number of nitrogens with zero attached hydrogens (tertiary/aromatic N) is 2. The minimum Gasteiger partial charge on any atom is -0.492 e. The third-order valence-electron chi connectivity index (χ3n) is 8.92. The summed E-state index contributed by atoms with van der Waals surface area (Å²) in [4.78, 5) is 44.2. The maximum Gasteiger partial charge on any atom is 0.328 e. The molecule has 3 atom stereocenters. The van der Waals surface area contributed by atoms with Gasteiger partial charge in [0.05, 0.1) is 0 Å². The molecule has 2 saturated heterocycles. The second kappa shape index (κ2) is 17.3. The first kappa shape index (κ1) is 35.9. The van der Waals surface area contributed by atoms with Crippen LogP contribution in [0, 0.1) is 5.82 Å². The molecule has 2 fully saturated rings. The first-order valence-electron chi connectivity index (χ1n) is 16.4. The molecule has 1 amide bonds. The minimum absolute atomic E-state index is 0.0687. The fourth-order valence-electron chi connectivity index (χ4n) is 6.04. The van der Waals surface area contributed by atoms with Crippen molar-refractivity contribution in [3.05, 3.63) is 89.7 Å². The van der Waals surface area contributed by atoms with Crippen molar-refractivity contribution in [2.45, 2.75) is 49.1 Å². The maximum atomic E-state index is 13.9. The van der Waals surface area contributed by atoms with Crippen molar-refractivity contribution < 1.29 is 28.2 Å². The molecule has 0 radical (unpaired) electrons. The van der Waals surface area contributed by atoms with Crippen LogP contribution in [0.1, 0.15) is 46.4 Å². The summed E-state index contributed by atoms with van der Waals surface area (Å²) in [5.74, 6) is 0.0360. The molecule has 0 aliphatic carbocycles. The highest BCUT2D eigenvalue weighted by Crippen LogP contribution is 2.32. The van der Waals surface area contributed by atoms with Crippen LogP contribution in [0.3, 0.4) is 0 Å². The molecule has 5 rings (SSSR count). The monoisotopic (exact) mass is 693 g/mol. The summed E-state index contributed by atoms with van der Waals surface area (Å²) in [5, 5.41) is 3.16. The Morgan fingerprint density at radius 2 is 1.73 bits per heavy atom. The molecule has 0 saturated carbocycles. The van der Waals surface area contributed by atoms with Gasteiger partial charge in [0.25, 0.3) is 5.91 Å². The predicted molar refractivity (Wildman–Crippen MR) is 191 cm³/mol. The molecule has 48 heavy (non-hydrogen) atoms. The molecular weight excluding hydrogens is 650 g/mol. The summed E-state index contributed by atoms with van der Waals surface area (Å²) in [6.07, 6.45) is 4.57. The van der Waals surface area contributed by atoms with Crippen LogP contribution < -0.4 is 10.1 Å². The number of ether oxygens (including phenoxy) is 2. The number of piperidine rings is 1. The molecule has 0 aromatic heterocycles. The highest BCUT2D eigenvalue weighted by Gasteiger charge is 2.32. The van der Waals surface area contributed by atoms with E-state index in [2.05, 4.69) is 15.1 Å². The number of esters is 1. The summed E-state index contributed by atoms with van der Waals surface area (Å²) in [6.45, 7) is 2.90. The van der Waals surface area contributed by atoms with Crippen molar-refractivity contribution in [3.8, 4) is 16.9 Å². The first-order valence-corrected chi connectivity index (χ1v) is 18.7. The molecule has 3 aromatic carbocycles. The van der Waals surface area contributed by atoms with E-state index in [-0.39, 0.29) is 28.3 Å². The number of halogens is 1. The molecule has 256 valence electrons. The Bertz CT molecular complexity index is 1540. The van der Waals surface area contributed by atoms with Crippen LogP contribution in [-0.4, -0.2) is 103 Å². The van der Waals surface area contributed by atoms with E-state index in [9.17, 15) is 18.8 Å². The number of likely N-dealkylation sites (N-methyl/N-ethyl adjacent to an activating group) is 1. The van der Waals surface area contributed by atoms with Crippen molar-refractivity contribution in [2.75, 3.05) is 52.3 Å². The smallest absolute Gasteiger partial charge is 0.328 e. The summed E-state index contributed by atoms with van der Waals surface area (Å²) >= 11 is 2.97. The number of hydrogen-bond donors (Lipinski definition) is 1. The largest absolute Gasteiger partial charge is 0.492 e. The van der Waals surface area contributed by atoms with Gasteiger partial charge in [0.1, 0.15) is 30.3 Å². The predicted octanol–water partition coefficient (Wildman–Crippen LogP) is 6.01. The first-order chi connectivity index (χ1) is 23.2. The number of carbonyl (C=O) groups is 3. The second-order valence-corrected chi connectivity index (χ2v) is 14.8. The van der Waals surface area contributed by atoms with Crippen LogP contribution >= 0.6 is 23.5 Å². The van der Waals surface area contributed by atoms with Crippen molar-refractivity contribution in [3.63, 3.8) is 0 Å². The Morgan fingerprint density at radius 3 is 2.44 bits per heavy atom. The van der Waals surface area contributed by atoms with Gasteiger partial charge in [-0.3, -0.25) is 14.5 Å². The van der Waals surface area contributed by atoms with Gasteiger partial charge in [0.2, 0.25) is 5.12 Å². The van der Waals surface area contributed by atoms with E-state index < -0.39 is 17.9 Å². The number of hydrogen-bond acceptors (Lipinski definition) is 9. The zero-order chi connectivity index (χ0) is 34.0. The fraction of sp³-hybridized carbons (Fsp3) is 0.432. The van der Waals surface area contributed by atoms with Crippen molar-refractivity contribution in [2.24, 2.45) is 0 Å². The molecule has 0 unspecified atom stereocenters. The summed E-state index contributed by atoms with van der Waals surface area (Å²) < 4.78 is 26.0. The minimum atomic E-state index is -0.793. The topological polar surface area (TPSA) is 88.2 Å². The van der Waals surface area contributed by atoms with Gasteiger partial charge in [0, 0.05) is 42.1 Å². The lowest BCUT2D eigenvalue weighted by molar-refractivity contribution is -0.153. The molecular formula is C37H44FN3O5S2. The van der Waals surface area contributed by atoms with Crippen LogP contribution in [0.15, 0.2) is 72.8 Å². The summed E-state index contributed by atoms with van der Waals surface area (Å²) in [6, 6.07) is 19.8. The number of likely N-dealkylation sites (tertiary alicyclic amines) is 2. The molecule has 0 bridgehead atoms. The maximum absolute atomic E-state index is 13.9. The molecule has 2 aliphatic rings. The highest BCUT2D eigenvalue weighted by atomic mass is 32.2. The number of benzene rings is 3. The van der Waals surface area contributed by atoms with Crippen LogP contribution in [0.4, 0.5) is 4.39 Å². The Morgan fingerprint density at radius 1 is 1.00 bits per heavy atom. The quantitative estimate of drug-likeness (QED) is 0.217. The van der Waals surface area contributed by atoms with Gasteiger partial charge in [-0.25, -0.2) is 9.18 Å². The number of nitrogens with one attached hydrogen (secondary N) is 1. The van der Waals surface area contributed by atoms with E-state index in [1.54, 1.807) is 42.1 Å². The van der Waals surface area contributed by atoms with Gasteiger partial charge in [-0.1, -0.05) is 54.2 Å². The molecule has 1 N–H and O–H groups in total. The lowest BCUT2D eigenvalue weighted by Gasteiger charge is -2.30. The Labute approximate surface area is 291 Å². The zero-order valence-corrected chi connectivity index (χ0v) is 29.4. The summed E-state index contributed by atoms with van der Waals surface area (Å²) in [5.41, 5.74) is 2.27. The molecule has 2 aliphatic heterocycles. The number of rotatable bonds is 13.